The van der Waals surface area contributed by atoms with Gasteiger partial charge in [-0.3, -0.25) is 4.68 Å². The van der Waals surface area contributed by atoms with Crippen LogP contribution in [0.3, 0.4) is 0 Å². The molecule has 0 radical (unpaired) electrons. The van der Waals surface area contributed by atoms with Gasteiger partial charge in [-0.2, -0.15) is 5.10 Å². The Morgan fingerprint density at radius 1 is 1.37 bits per heavy atom. The van der Waals surface area contributed by atoms with Crippen molar-refractivity contribution in [1.29, 1.82) is 0 Å². The summed E-state index contributed by atoms with van der Waals surface area (Å²) in [7, 11) is 1.93. The number of benzene rings is 1. The molecule has 0 spiro atoms. The van der Waals surface area contributed by atoms with Gasteiger partial charge in [-0.05, 0) is 19.1 Å². The molecule has 3 rings (SSSR count). The van der Waals surface area contributed by atoms with Gasteiger partial charge >= 0.3 is 0 Å². The van der Waals surface area contributed by atoms with Crippen molar-refractivity contribution in [3.05, 3.63) is 47.2 Å². The molecule has 1 atom stereocenters. The topological polar surface area (TPSA) is 42.7 Å². The Balaban J connectivity index is 1.71. The lowest BCUT2D eigenvalue weighted by Crippen LogP contribution is -2.17. The fourth-order valence-electron chi connectivity index (χ4n) is 2.00. The molecule has 98 valence electrons. The van der Waals surface area contributed by atoms with E-state index in [1.165, 1.54) is 10.3 Å². The number of thiazole rings is 1. The first-order valence-electron chi connectivity index (χ1n) is 6.29. The Morgan fingerprint density at radius 3 is 2.95 bits per heavy atom. The van der Waals surface area contributed by atoms with Crippen LogP contribution in [-0.2, 0) is 13.6 Å². The van der Waals surface area contributed by atoms with Gasteiger partial charge in [-0.15, -0.1) is 11.3 Å². The summed E-state index contributed by atoms with van der Waals surface area (Å²) < 4.78 is 3.06. The van der Waals surface area contributed by atoms with Crippen molar-refractivity contribution in [2.24, 2.45) is 7.05 Å². The molecule has 0 aliphatic rings. The molecule has 0 aliphatic heterocycles. The van der Waals surface area contributed by atoms with Crippen molar-refractivity contribution in [3.63, 3.8) is 0 Å². The summed E-state index contributed by atoms with van der Waals surface area (Å²) in [6.45, 7) is 2.96. The Bertz CT molecular complexity index is 652. The maximum Gasteiger partial charge on any atom is 0.111 e. The van der Waals surface area contributed by atoms with E-state index in [1.807, 2.05) is 30.2 Å². The number of fused-ring (bicyclic) bond motifs is 1. The van der Waals surface area contributed by atoms with Crippen molar-refractivity contribution >= 4 is 21.6 Å². The fraction of sp³-hybridized carbons (Fsp3) is 0.286. The number of rotatable bonds is 4. The van der Waals surface area contributed by atoms with E-state index in [0.717, 1.165) is 17.1 Å². The average Bonchev–Trinajstić information content (AvgIpc) is 3.01. The zero-order valence-electron chi connectivity index (χ0n) is 11.0. The fourth-order valence-corrected chi connectivity index (χ4v) is 2.99. The van der Waals surface area contributed by atoms with E-state index in [0.29, 0.717) is 0 Å². The molecular weight excluding hydrogens is 256 g/mol. The summed E-state index contributed by atoms with van der Waals surface area (Å²) in [6.07, 6.45) is 3.91. The molecule has 2 aromatic heterocycles. The van der Waals surface area contributed by atoms with Gasteiger partial charge in [0.25, 0.3) is 0 Å². The third-order valence-corrected chi connectivity index (χ3v) is 4.27. The van der Waals surface area contributed by atoms with Gasteiger partial charge in [0.1, 0.15) is 5.01 Å². The van der Waals surface area contributed by atoms with Gasteiger partial charge in [0, 0.05) is 25.4 Å². The van der Waals surface area contributed by atoms with Crippen LogP contribution in [0.5, 0.6) is 0 Å². The monoisotopic (exact) mass is 272 g/mol. The number of aryl methyl sites for hydroxylation is 1. The van der Waals surface area contributed by atoms with Crippen LogP contribution >= 0.6 is 11.3 Å². The van der Waals surface area contributed by atoms with Crippen molar-refractivity contribution in [1.82, 2.24) is 20.1 Å². The molecule has 19 heavy (non-hydrogen) atoms. The lowest BCUT2D eigenvalue weighted by molar-refractivity contribution is 0.572. The van der Waals surface area contributed by atoms with Gasteiger partial charge in [-0.1, -0.05) is 12.1 Å². The predicted molar refractivity (Wildman–Crippen MR) is 78.1 cm³/mol. The van der Waals surface area contributed by atoms with Crippen LogP contribution in [0, 0.1) is 0 Å². The molecule has 0 aliphatic carbocycles. The van der Waals surface area contributed by atoms with Gasteiger partial charge < -0.3 is 5.32 Å². The van der Waals surface area contributed by atoms with Crippen molar-refractivity contribution in [2.45, 2.75) is 19.5 Å². The maximum absolute atomic E-state index is 4.67. The zero-order valence-corrected chi connectivity index (χ0v) is 11.8. The second-order valence-electron chi connectivity index (χ2n) is 4.64. The second kappa shape index (κ2) is 5.11. The molecule has 0 amide bonds. The van der Waals surface area contributed by atoms with Crippen LogP contribution in [0.1, 0.15) is 23.5 Å². The van der Waals surface area contributed by atoms with E-state index in [2.05, 4.69) is 40.5 Å². The lowest BCUT2D eigenvalue weighted by atomic mass is 10.3. The van der Waals surface area contributed by atoms with E-state index < -0.39 is 0 Å². The molecule has 0 fully saturated rings. The molecule has 1 N–H and O–H groups in total. The van der Waals surface area contributed by atoms with Crippen molar-refractivity contribution in [3.8, 4) is 0 Å². The van der Waals surface area contributed by atoms with Crippen molar-refractivity contribution in [2.75, 3.05) is 0 Å². The first kappa shape index (κ1) is 12.3. The Morgan fingerprint density at radius 2 is 2.21 bits per heavy atom. The molecule has 1 aromatic carbocycles. The summed E-state index contributed by atoms with van der Waals surface area (Å²) in [5.41, 5.74) is 2.27. The van der Waals surface area contributed by atoms with Crippen LogP contribution in [0.15, 0.2) is 36.7 Å². The highest BCUT2D eigenvalue weighted by Crippen LogP contribution is 2.26. The summed E-state index contributed by atoms with van der Waals surface area (Å²) in [5.74, 6) is 0. The van der Waals surface area contributed by atoms with Gasteiger partial charge in [0.2, 0.25) is 0 Å². The third kappa shape index (κ3) is 2.67. The van der Waals surface area contributed by atoms with E-state index in [-0.39, 0.29) is 6.04 Å². The summed E-state index contributed by atoms with van der Waals surface area (Å²) >= 11 is 1.75. The number of nitrogens with zero attached hydrogens (tertiary/aromatic N) is 3. The Labute approximate surface area is 116 Å². The average molecular weight is 272 g/mol. The van der Waals surface area contributed by atoms with Crippen LogP contribution in [0.25, 0.3) is 10.2 Å². The molecule has 0 saturated heterocycles. The van der Waals surface area contributed by atoms with Crippen molar-refractivity contribution < 1.29 is 0 Å². The van der Waals surface area contributed by atoms with E-state index >= 15 is 0 Å². The number of hydrogen-bond acceptors (Lipinski definition) is 4. The number of aromatic nitrogens is 3. The summed E-state index contributed by atoms with van der Waals surface area (Å²) in [4.78, 5) is 4.67. The van der Waals surface area contributed by atoms with Crippen LogP contribution in [0.4, 0.5) is 0 Å². The second-order valence-corrected chi connectivity index (χ2v) is 5.71. The molecule has 2 heterocycles. The molecule has 1 unspecified atom stereocenters. The number of hydrogen-bond donors (Lipinski definition) is 1. The quantitative estimate of drug-likeness (QED) is 0.794. The third-order valence-electron chi connectivity index (χ3n) is 3.05. The Hall–Kier alpha value is -1.72. The molecule has 4 nitrogen and oxygen atoms in total. The summed E-state index contributed by atoms with van der Waals surface area (Å²) in [6, 6.07) is 8.50. The van der Waals surface area contributed by atoms with Crippen LogP contribution in [-0.4, -0.2) is 14.8 Å². The van der Waals surface area contributed by atoms with Gasteiger partial charge in [-0.25, -0.2) is 4.98 Å². The minimum atomic E-state index is 0.248. The minimum absolute atomic E-state index is 0.248. The highest BCUT2D eigenvalue weighted by atomic mass is 32.1. The smallest absolute Gasteiger partial charge is 0.111 e. The molecule has 0 saturated carbocycles. The minimum Gasteiger partial charge on any atom is -0.304 e. The highest BCUT2D eigenvalue weighted by molar-refractivity contribution is 7.18. The summed E-state index contributed by atoms with van der Waals surface area (Å²) in [5, 5.41) is 8.78. The van der Waals surface area contributed by atoms with E-state index in [9.17, 15) is 0 Å². The lowest BCUT2D eigenvalue weighted by Gasteiger charge is -2.09. The number of para-hydroxylation sites is 1. The van der Waals surface area contributed by atoms with Gasteiger partial charge in [0.05, 0.1) is 22.5 Å². The van der Waals surface area contributed by atoms with E-state index in [4.69, 9.17) is 0 Å². The standard InChI is InChI=1S/C14H16N4S/c1-10(15-7-11-8-16-18(2)9-11)14-17-12-5-3-4-6-13(12)19-14/h3-6,8-10,15H,7H2,1-2H3. The normalized spacial score (nSPS) is 12.9. The first-order valence-corrected chi connectivity index (χ1v) is 7.10. The molecule has 5 heteroatoms. The van der Waals surface area contributed by atoms with Crippen LogP contribution < -0.4 is 5.32 Å². The molecule has 0 bridgehead atoms. The number of nitrogens with one attached hydrogen (secondary N) is 1. The predicted octanol–water partition coefficient (Wildman–Crippen LogP) is 2.88. The van der Waals surface area contributed by atoms with Gasteiger partial charge in [0.15, 0.2) is 0 Å². The largest absolute Gasteiger partial charge is 0.304 e. The molecular formula is C14H16N4S. The zero-order chi connectivity index (χ0) is 13.2. The Kier molecular flexibility index (Phi) is 3.31. The van der Waals surface area contributed by atoms with Crippen LogP contribution in [0.2, 0.25) is 0 Å². The van der Waals surface area contributed by atoms with E-state index in [1.54, 1.807) is 11.3 Å². The first-order chi connectivity index (χ1) is 9.22. The SMILES string of the molecule is CC(NCc1cnn(C)c1)c1nc2ccccc2s1. The molecule has 3 aromatic rings. The maximum atomic E-state index is 4.67. The highest BCUT2D eigenvalue weighted by Gasteiger charge is 2.11.